The zero-order valence-electron chi connectivity index (χ0n) is 11.4. The number of sulfonamides is 1. The third-order valence-corrected chi connectivity index (χ3v) is 4.17. The Kier molecular flexibility index (Phi) is 4.15. The van der Waals surface area contributed by atoms with Crippen molar-refractivity contribution >= 4 is 15.8 Å². The van der Waals surface area contributed by atoms with E-state index < -0.39 is 10.0 Å². The molecule has 2 N–H and O–H groups in total. The van der Waals surface area contributed by atoms with Gasteiger partial charge in [0.05, 0.1) is 6.61 Å². The Morgan fingerprint density at radius 3 is 2.75 bits per heavy atom. The Labute approximate surface area is 117 Å². The van der Waals surface area contributed by atoms with Gasteiger partial charge in [-0.05, 0) is 12.5 Å². The molecule has 2 aromatic heterocycles. The lowest BCUT2D eigenvalue weighted by Crippen LogP contribution is -2.13. The highest BCUT2D eigenvalue weighted by molar-refractivity contribution is 7.92. The summed E-state index contributed by atoms with van der Waals surface area (Å²) in [6.45, 7) is 2.45. The highest BCUT2D eigenvalue weighted by Crippen LogP contribution is 2.18. The van der Waals surface area contributed by atoms with Crippen LogP contribution in [0.25, 0.3) is 0 Å². The molecule has 0 fully saturated rings. The van der Waals surface area contributed by atoms with Crippen molar-refractivity contribution in [2.75, 3.05) is 4.72 Å². The van der Waals surface area contributed by atoms with Crippen molar-refractivity contribution in [2.45, 2.75) is 31.4 Å². The highest BCUT2D eigenvalue weighted by atomic mass is 32.2. The van der Waals surface area contributed by atoms with Gasteiger partial charge >= 0.3 is 0 Å². The van der Waals surface area contributed by atoms with E-state index in [1.807, 2.05) is 6.92 Å². The van der Waals surface area contributed by atoms with Crippen LogP contribution in [0.15, 0.2) is 29.4 Å². The van der Waals surface area contributed by atoms with Crippen molar-refractivity contribution in [3.63, 3.8) is 0 Å². The standard InChI is InChI=1S/C12H18N4O3S/c1-3-5-16-8-11(7-10(16)9-17)20(18,19)14-12-4-6-15(2)13-12/h4,6-8,17H,3,5,9H2,1-2H3,(H,13,14). The second-order valence-corrected chi connectivity index (χ2v) is 6.18. The smallest absolute Gasteiger partial charge is 0.264 e. The van der Waals surface area contributed by atoms with E-state index in [0.29, 0.717) is 12.2 Å². The summed E-state index contributed by atoms with van der Waals surface area (Å²) in [6, 6.07) is 3.05. The average molecular weight is 298 g/mol. The van der Waals surface area contributed by atoms with E-state index >= 15 is 0 Å². The molecule has 0 aromatic carbocycles. The van der Waals surface area contributed by atoms with Gasteiger partial charge in [-0.15, -0.1) is 0 Å². The Hall–Kier alpha value is -1.80. The van der Waals surface area contributed by atoms with Gasteiger partial charge in [-0.2, -0.15) is 5.10 Å². The normalized spacial score (nSPS) is 11.8. The molecule has 20 heavy (non-hydrogen) atoms. The summed E-state index contributed by atoms with van der Waals surface area (Å²) in [5.74, 6) is 0.265. The van der Waals surface area contributed by atoms with Gasteiger partial charge in [-0.3, -0.25) is 9.40 Å². The molecule has 0 saturated heterocycles. The van der Waals surface area contributed by atoms with Gasteiger partial charge in [0.2, 0.25) is 0 Å². The van der Waals surface area contributed by atoms with E-state index in [-0.39, 0.29) is 17.3 Å². The fraction of sp³-hybridized carbons (Fsp3) is 0.417. The maximum Gasteiger partial charge on any atom is 0.264 e. The molecule has 0 atom stereocenters. The van der Waals surface area contributed by atoms with E-state index in [9.17, 15) is 13.5 Å². The Balaban J connectivity index is 2.29. The second-order valence-electron chi connectivity index (χ2n) is 4.50. The number of aryl methyl sites for hydroxylation is 2. The van der Waals surface area contributed by atoms with Crippen molar-refractivity contribution in [3.8, 4) is 0 Å². The molecular formula is C12H18N4O3S. The first kappa shape index (κ1) is 14.6. The molecule has 0 radical (unpaired) electrons. The predicted octanol–water partition coefficient (Wildman–Crippen LogP) is 0.925. The van der Waals surface area contributed by atoms with Crippen LogP contribution in [0.3, 0.4) is 0 Å². The number of nitrogens with one attached hydrogen (secondary N) is 1. The maximum absolute atomic E-state index is 12.2. The Morgan fingerprint density at radius 1 is 1.45 bits per heavy atom. The van der Waals surface area contributed by atoms with Crippen molar-refractivity contribution in [2.24, 2.45) is 7.05 Å². The molecule has 2 heterocycles. The molecule has 7 nitrogen and oxygen atoms in total. The van der Waals surface area contributed by atoms with E-state index in [2.05, 4.69) is 9.82 Å². The zero-order valence-corrected chi connectivity index (χ0v) is 12.3. The fourth-order valence-corrected chi connectivity index (χ4v) is 2.98. The first-order valence-electron chi connectivity index (χ1n) is 6.28. The van der Waals surface area contributed by atoms with Crippen LogP contribution in [0.5, 0.6) is 0 Å². The van der Waals surface area contributed by atoms with Gasteiger partial charge in [-0.25, -0.2) is 8.42 Å². The Bertz CT molecular complexity index is 687. The van der Waals surface area contributed by atoms with Crippen LogP contribution in [0.2, 0.25) is 0 Å². The lowest BCUT2D eigenvalue weighted by atomic mass is 10.4. The summed E-state index contributed by atoms with van der Waals surface area (Å²) in [6.07, 6.45) is 4.04. The van der Waals surface area contributed by atoms with E-state index in [1.54, 1.807) is 23.9 Å². The molecule has 0 aliphatic heterocycles. The first-order valence-corrected chi connectivity index (χ1v) is 7.77. The zero-order chi connectivity index (χ0) is 14.8. The van der Waals surface area contributed by atoms with Gasteiger partial charge in [0.25, 0.3) is 10.0 Å². The van der Waals surface area contributed by atoms with Crippen LogP contribution in [0.4, 0.5) is 5.82 Å². The average Bonchev–Trinajstić information content (AvgIpc) is 2.96. The van der Waals surface area contributed by atoms with Gasteiger partial charge < -0.3 is 9.67 Å². The van der Waals surface area contributed by atoms with Crippen molar-refractivity contribution in [3.05, 3.63) is 30.2 Å². The summed E-state index contributed by atoms with van der Waals surface area (Å²) in [5.41, 5.74) is 0.577. The van der Waals surface area contributed by atoms with Crippen molar-refractivity contribution < 1.29 is 13.5 Å². The van der Waals surface area contributed by atoms with Gasteiger partial charge in [-0.1, -0.05) is 6.92 Å². The molecule has 0 saturated carbocycles. The minimum Gasteiger partial charge on any atom is -0.390 e. The highest BCUT2D eigenvalue weighted by Gasteiger charge is 2.19. The molecule has 8 heteroatoms. The van der Waals surface area contributed by atoms with Crippen molar-refractivity contribution in [1.82, 2.24) is 14.3 Å². The SMILES string of the molecule is CCCn1cc(S(=O)(=O)Nc2ccn(C)n2)cc1CO. The summed E-state index contributed by atoms with van der Waals surface area (Å²) in [5, 5.41) is 13.2. The number of hydrogen-bond donors (Lipinski definition) is 2. The largest absolute Gasteiger partial charge is 0.390 e. The molecule has 0 spiro atoms. The van der Waals surface area contributed by atoms with Crippen LogP contribution in [0, 0.1) is 0 Å². The lowest BCUT2D eigenvalue weighted by molar-refractivity contribution is 0.270. The summed E-state index contributed by atoms with van der Waals surface area (Å²) < 4.78 is 30.1. The summed E-state index contributed by atoms with van der Waals surface area (Å²) >= 11 is 0. The third kappa shape index (κ3) is 3.02. The monoisotopic (exact) mass is 298 g/mol. The van der Waals surface area contributed by atoms with E-state index in [0.717, 1.165) is 6.42 Å². The predicted molar refractivity (Wildman–Crippen MR) is 74.7 cm³/mol. The molecular weight excluding hydrogens is 280 g/mol. The second kappa shape index (κ2) is 5.68. The number of hydrogen-bond acceptors (Lipinski definition) is 4. The minimum absolute atomic E-state index is 0.126. The van der Waals surface area contributed by atoms with Gasteiger partial charge in [0.1, 0.15) is 4.90 Å². The number of rotatable bonds is 6. The molecule has 110 valence electrons. The van der Waals surface area contributed by atoms with Crippen LogP contribution < -0.4 is 4.72 Å². The van der Waals surface area contributed by atoms with Crippen LogP contribution in [0.1, 0.15) is 19.0 Å². The number of anilines is 1. The minimum atomic E-state index is -3.69. The van der Waals surface area contributed by atoms with Crippen LogP contribution in [-0.4, -0.2) is 27.9 Å². The molecule has 2 rings (SSSR count). The van der Waals surface area contributed by atoms with E-state index in [4.69, 9.17) is 0 Å². The molecule has 0 aliphatic rings. The molecule has 2 aromatic rings. The summed E-state index contributed by atoms with van der Waals surface area (Å²) in [7, 11) is -1.98. The number of nitrogens with zero attached hydrogens (tertiary/aromatic N) is 3. The van der Waals surface area contributed by atoms with Crippen LogP contribution >= 0.6 is 0 Å². The van der Waals surface area contributed by atoms with Gasteiger partial charge in [0.15, 0.2) is 5.82 Å². The van der Waals surface area contributed by atoms with Gasteiger partial charge in [0, 0.05) is 37.7 Å². The number of aromatic nitrogens is 3. The molecule has 0 aliphatic carbocycles. The first-order chi connectivity index (χ1) is 9.46. The topological polar surface area (TPSA) is 89.2 Å². The quantitative estimate of drug-likeness (QED) is 0.830. The molecule has 0 bridgehead atoms. The van der Waals surface area contributed by atoms with Crippen molar-refractivity contribution in [1.29, 1.82) is 0 Å². The van der Waals surface area contributed by atoms with Crippen LogP contribution in [-0.2, 0) is 30.2 Å². The molecule has 0 unspecified atom stereocenters. The summed E-state index contributed by atoms with van der Waals surface area (Å²) in [4.78, 5) is 0.126. The third-order valence-electron chi connectivity index (χ3n) is 2.85. The Morgan fingerprint density at radius 2 is 2.20 bits per heavy atom. The molecule has 0 amide bonds. The number of aliphatic hydroxyl groups is 1. The lowest BCUT2D eigenvalue weighted by Gasteiger charge is -2.04. The maximum atomic E-state index is 12.2. The fourth-order valence-electron chi connectivity index (χ4n) is 1.92. The van der Waals surface area contributed by atoms with E-state index in [1.165, 1.54) is 16.9 Å². The number of aliphatic hydroxyl groups excluding tert-OH is 1.